The second kappa shape index (κ2) is 7.04. The van der Waals surface area contributed by atoms with Crippen molar-refractivity contribution < 1.29 is 9.47 Å². The summed E-state index contributed by atoms with van der Waals surface area (Å²) in [6, 6.07) is 14.2. The maximum atomic E-state index is 8.42. The summed E-state index contributed by atoms with van der Waals surface area (Å²) in [6.07, 6.45) is 0. The molecule has 0 atom stereocenters. The standard InChI is InChI=1S/C15H11Cl2NO2/c16-12-7-11(8-13(17)9-12)10-20-15-3-1-14(2-4-15)19-6-5-18/h1-4,7-9H,6,10H2. The molecule has 0 N–H and O–H groups in total. The van der Waals surface area contributed by atoms with Gasteiger partial charge in [-0.3, -0.25) is 0 Å². The first-order valence-electron chi connectivity index (χ1n) is 5.85. The molecule has 0 fully saturated rings. The lowest BCUT2D eigenvalue weighted by Crippen LogP contribution is -1.96. The molecule has 2 aromatic rings. The number of halogens is 2. The maximum Gasteiger partial charge on any atom is 0.174 e. The Labute approximate surface area is 127 Å². The highest BCUT2D eigenvalue weighted by molar-refractivity contribution is 6.34. The van der Waals surface area contributed by atoms with Crippen LogP contribution < -0.4 is 9.47 Å². The molecule has 3 nitrogen and oxygen atoms in total. The molecule has 5 heteroatoms. The van der Waals surface area contributed by atoms with E-state index in [-0.39, 0.29) is 6.61 Å². The van der Waals surface area contributed by atoms with Gasteiger partial charge in [-0.15, -0.1) is 0 Å². The van der Waals surface area contributed by atoms with Gasteiger partial charge < -0.3 is 9.47 Å². The predicted octanol–water partition coefficient (Wildman–Crippen LogP) is 4.47. The van der Waals surface area contributed by atoms with Crippen LogP contribution in [0.15, 0.2) is 42.5 Å². The summed E-state index contributed by atoms with van der Waals surface area (Å²) in [5.41, 5.74) is 0.896. The Bertz CT molecular complexity index is 601. The van der Waals surface area contributed by atoms with E-state index in [1.807, 2.05) is 6.07 Å². The predicted molar refractivity (Wildman–Crippen MR) is 78.3 cm³/mol. The van der Waals surface area contributed by atoms with Crippen LogP contribution in [0.2, 0.25) is 10.0 Å². The van der Waals surface area contributed by atoms with E-state index in [0.717, 1.165) is 5.56 Å². The Balaban J connectivity index is 1.95. The number of nitrogens with zero attached hydrogens (tertiary/aromatic N) is 1. The molecule has 0 saturated heterocycles. The highest BCUT2D eigenvalue weighted by Gasteiger charge is 2.01. The van der Waals surface area contributed by atoms with Gasteiger partial charge in [-0.25, -0.2) is 0 Å². The van der Waals surface area contributed by atoms with E-state index in [4.69, 9.17) is 37.9 Å². The molecule has 0 amide bonds. The minimum atomic E-state index is 0.0290. The fourth-order valence-corrected chi connectivity index (χ4v) is 2.18. The zero-order valence-corrected chi connectivity index (χ0v) is 12.0. The van der Waals surface area contributed by atoms with Crippen LogP contribution in [0, 0.1) is 11.3 Å². The highest BCUT2D eigenvalue weighted by atomic mass is 35.5. The molecule has 0 bridgehead atoms. The Kier molecular flexibility index (Phi) is 5.11. The zero-order valence-electron chi connectivity index (χ0n) is 10.5. The van der Waals surface area contributed by atoms with E-state index in [2.05, 4.69) is 0 Å². The van der Waals surface area contributed by atoms with E-state index in [1.54, 1.807) is 42.5 Å². The quantitative estimate of drug-likeness (QED) is 0.818. The third-order valence-electron chi connectivity index (χ3n) is 2.45. The summed E-state index contributed by atoms with van der Waals surface area (Å²) in [5, 5.41) is 9.58. The molecule has 2 rings (SSSR count). The molecule has 0 aliphatic heterocycles. The van der Waals surface area contributed by atoms with Crippen molar-refractivity contribution in [3.63, 3.8) is 0 Å². The van der Waals surface area contributed by atoms with Gasteiger partial charge in [-0.2, -0.15) is 5.26 Å². The zero-order chi connectivity index (χ0) is 14.4. The Morgan fingerprint density at radius 3 is 2.00 bits per heavy atom. The largest absolute Gasteiger partial charge is 0.489 e. The minimum absolute atomic E-state index is 0.0290. The number of nitriles is 1. The van der Waals surface area contributed by atoms with Crippen molar-refractivity contribution in [3.05, 3.63) is 58.1 Å². The van der Waals surface area contributed by atoms with Gasteiger partial charge >= 0.3 is 0 Å². The molecule has 0 aliphatic rings. The molecule has 0 aliphatic carbocycles. The first-order valence-corrected chi connectivity index (χ1v) is 6.60. The Morgan fingerprint density at radius 2 is 1.45 bits per heavy atom. The molecular weight excluding hydrogens is 297 g/mol. The van der Waals surface area contributed by atoms with Crippen LogP contribution in [-0.4, -0.2) is 6.61 Å². The van der Waals surface area contributed by atoms with Crippen LogP contribution in [0.5, 0.6) is 11.5 Å². The molecule has 20 heavy (non-hydrogen) atoms. The summed E-state index contributed by atoms with van der Waals surface area (Å²) < 4.78 is 10.8. The number of rotatable bonds is 5. The summed E-state index contributed by atoms with van der Waals surface area (Å²) in [6.45, 7) is 0.403. The molecule has 0 spiro atoms. The molecule has 0 unspecified atom stereocenters. The highest BCUT2D eigenvalue weighted by Crippen LogP contribution is 2.22. The lowest BCUT2D eigenvalue weighted by atomic mass is 10.2. The van der Waals surface area contributed by atoms with Crippen LogP contribution in [0.3, 0.4) is 0 Å². The first-order chi connectivity index (χ1) is 9.67. The third-order valence-corrected chi connectivity index (χ3v) is 2.89. The van der Waals surface area contributed by atoms with E-state index >= 15 is 0 Å². The van der Waals surface area contributed by atoms with E-state index in [0.29, 0.717) is 28.2 Å². The van der Waals surface area contributed by atoms with Gasteiger partial charge in [-0.05, 0) is 48.0 Å². The summed E-state index contributed by atoms with van der Waals surface area (Å²) in [7, 11) is 0. The van der Waals surface area contributed by atoms with Crippen LogP contribution in [0.4, 0.5) is 0 Å². The lowest BCUT2D eigenvalue weighted by Gasteiger charge is -2.08. The number of benzene rings is 2. The number of hydrogen-bond donors (Lipinski definition) is 0. The van der Waals surface area contributed by atoms with Gasteiger partial charge in [0.05, 0.1) is 0 Å². The van der Waals surface area contributed by atoms with Gasteiger partial charge in [0.2, 0.25) is 0 Å². The van der Waals surface area contributed by atoms with Gasteiger partial charge in [-0.1, -0.05) is 23.2 Å². The summed E-state index contributed by atoms with van der Waals surface area (Å²) >= 11 is 11.8. The van der Waals surface area contributed by atoms with E-state index < -0.39 is 0 Å². The van der Waals surface area contributed by atoms with Crippen molar-refractivity contribution in [3.8, 4) is 17.6 Å². The third kappa shape index (κ3) is 4.34. The monoisotopic (exact) mass is 307 g/mol. The Morgan fingerprint density at radius 1 is 0.900 bits per heavy atom. The average molecular weight is 308 g/mol. The molecule has 0 radical (unpaired) electrons. The molecule has 0 saturated carbocycles. The van der Waals surface area contributed by atoms with Gasteiger partial charge in [0.25, 0.3) is 0 Å². The molecule has 0 aromatic heterocycles. The van der Waals surface area contributed by atoms with E-state index in [1.165, 1.54) is 0 Å². The van der Waals surface area contributed by atoms with Crippen molar-refractivity contribution in [2.75, 3.05) is 6.61 Å². The fourth-order valence-electron chi connectivity index (χ4n) is 1.61. The topological polar surface area (TPSA) is 42.2 Å². The minimum Gasteiger partial charge on any atom is -0.489 e. The first kappa shape index (κ1) is 14.5. The number of ether oxygens (including phenoxy) is 2. The molecule has 0 heterocycles. The molecule has 2 aromatic carbocycles. The van der Waals surface area contributed by atoms with Crippen LogP contribution in [0.25, 0.3) is 0 Å². The van der Waals surface area contributed by atoms with E-state index in [9.17, 15) is 0 Å². The lowest BCUT2D eigenvalue weighted by molar-refractivity contribution is 0.305. The van der Waals surface area contributed by atoms with Crippen molar-refractivity contribution in [2.24, 2.45) is 0 Å². The summed E-state index contributed by atoms with van der Waals surface area (Å²) in [5.74, 6) is 1.33. The maximum absolute atomic E-state index is 8.42. The second-order valence-electron chi connectivity index (χ2n) is 3.98. The van der Waals surface area contributed by atoms with Gasteiger partial charge in [0.15, 0.2) is 6.61 Å². The van der Waals surface area contributed by atoms with Crippen LogP contribution in [-0.2, 0) is 6.61 Å². The molecular formula is C15H11Cl2NO2. The van der Waals surface area contributed by atoms with Gasteiger partial charge in [0, 0.05) is 10.0 Å². The normalized spacial score (nSPS) is 9.85. The Hall–Kier alpha value is -1.89. The van der Waals surface area contributed by atoms with Crippen LogP contribution >= 0.6 is 23.2 Å². The smallest absolute Gasteiger partial charge is 0.174 e. The SMILES string of the molecule is N#CCOc1ccc(OCc2cc(Cl)cc(Cl)c2)cc1. The van der Waals surface area contributed by atoms with Crippen molar-refractivity contribution >= 4 is 23.2 Å². The molecule has 102 valence electrons. The van der Waals surface area contributed by atoms with Crippen molar-refractivity contribution in [2.45, 2.75) is 6.61 Å². The van der Waals surface area contributed by atoms with Gasteiger partial charge in [0.1, 0.15) is 24.2 Å². The summed E-state index contributed by atoms with van der Waals surface area (Å²) in [4.78, 5) is 0. The average Bonchev–Trinajstić information content (AvgIpc) is 2.43. The van der Waals surface area contributed by atoms with Crippen molar-refractivity contribution in [1.29, 1.82) is 5.26 Å². The van der Waals surface area contributed by atoms with Crippen LogP contribution in [0.1, 0.15) is 5.56 Å². The van der Waals surface area contributed by atoms with Crippen molar-refractivity contribution in [1.82, 2.24) is 0 Å². The number of hydrogen-bond acceptors (Lipinski definition) is 3. The second-order valence-corrected chi connectivity index (χ2v) is 4.86. The fraction of sp³-hybridized carbons (Fsp3) is 0.133.